The third kappa shape index (κ3) is 4.07. The van der Waals surface area contributed by atoms with Gasteiger partial charge in [0.2, 0.25) is 0 Å². The van der Waals surface area contributed by atoms with Crippen molar-refractivity contribution in [1.82, 2.24) is 0 Å². The summed E-state index contributed by atoms with van der Waals surface area (Å²) in [7, 11) is 0. The molecule has 1 atom stereocenters. The van der Waals surface area contributed by atoms with Gasteiger partial charge in [0.15, 0.2) is 0 Å². The van der Waals surface area contributed by atoms with Crippen molar-refractivity contribution in [3.05, 3.63) is 23.9 Å². The Morgan fingerprint density at radius 3 is 2.46 bits per heavy atom. The third-order valence-corrected chi connectivity index (χ3v) is 2.43. The fourth-order valence-corrected chi connectivity index (χ4v) is 1.45. The van der Waals surface area contributed by atoms with Gasteiger partial charge in [0.25, 0.3) is 0 Å². The highest BCUT2D eigenvalue weighted by molar-refractivity contribution is 5.71. The second-order valence-corrected chi connectivity index (χ2v) is 3.29. The molecule has 0 rings (SSSR count). The number of nitrogens with zero attached hydrogens (tertiary/aromatic N) is 1. The van der Waals surface area contributed by atoms with E-state index in [4.69, 9.17) is 0 Å². The quantitative estimate of drug-likeness (QED) is 0.566. The van der Waals surface area contributed by atoms with Gasteiger partial charge < -0.3 is 0 Å². The molecular weight excluding hydrogens is 158 g/mol. The molecule has 0 aliphatic carbocycles. The van der Waals surface area contributed by atoms with Crippen molar-refractivity contribution in [1.29, 1.82) is 0 Å². The van der Waals surface area contributed by atoms with Gasteiger partial charge in [0.1, 0.15) is 0 Å². The fourth-order valence-electron chi connectivity index (χ4n) is 1.45. The van der Waals surface area contributed by atoms with Crippen LogP contribution >= 0.6 is 0 Å². The zero-order valence-electron chi connectivity index (χ0n) is 9.30. The first-order valence-electron chi connectivity index (χ1n) is 5.02. The summed E-state index contributed by atoms with van der Waals surface area (Å²) >= 11 is 0. The maximum atomic E-state index is 4.32. The molecule has 0 radical (unpaired) electrons. The molecule has 74 valence electrons. The van der Waals surface area contributed by atoms with Crippen molar-refractivity contribution in [3.8, 4) is 0 Å². The van der Waals surface area contributed by atoms with Crippen LogP contribution < -0.4 is 0 Å². The van der Waals surface area contributed by atoms with Crippen LogP contribution in [0.2, 0.25) is 0 Å². The Labute approximate surface area is 82.3 Å². The Bertz CT molecular complexity index is 211. The standard InChI is InChI=1S/C12H21N/c1-6-9-13-11(5)12(8-3)10(4)7-2/h6,9-10H,1,7-8H2,2-5H3/b12-11-,13-9-. The van der Waals surface area contributed by atoms with Crippen molar-refractivity contribution >= 4 is 6.21 Å². The van der Waals surface area contributed by atoms with Crippen LogP contribution in [0.3, 0.4) is 0 Å². The van der Waals surface area contributed by atoms with Crippen molar-refractivity contribution < 1.29 is 0 Å². The maximum absolute atomic E-state index is 4.32. The van der Waals surface area contributed by atoms with Crippen molar-refractivity contribution in [2.75, 3.05) is 0 Å². The lowest BCUT2D eigenvalue weighted by atomic mass is 9.95. The summed E-state index contributed by atoms with van der Waals surface area (Å²) < 4.78 is 0. The highest BCUT2D eigenvalue weighted by Crippen LogP contribution is 2.21. The molecule has 0 heterocycles. The molecule has 0 N–H and O–H groups in total. The highest BCUT2D eigenvalue weighted by Gasteiger charge is 2.06. The summed E-state index contributed by atoms with van der Waals surface area (Å²) in [4.78, 5) is 4.32. The van der Waals surface area contributed by atoms with Gasteiger partial charge in [-0.25, -0.2) is 0 Å². The molecule has 0 aliphatic heterocycles. The van der Waals surface area contributed by atoms with Crippen molar-refractivity contribution in [3.63, 3.8) is 0 Å². The molecule has 1 heteroatoms. The smallest absolute Gasteiger partial charge is 0.0367 e. The highest BCUT2D eigenvalue weighted by atomic mass is 14.7. The van der Waals surface area contributed by atoms with E-state index in [9.17, 15) is 0 Å². The minimum absolute atomic E-state index is 0.645. The Morgan fingerprint density at radius 2 is 2.08 bits per heavy atom. The summed E-state index contributed by atoms with van der Waals surface area (Å²) in [6.07, 6.45) is 5.75. The molecule has 0 spiro atoms. The summed E-state index contributed by atoms with van der Waals surface area (Å²) in [5.41, 5.74) is 2.61. The summed E-state index contributed by atoms with van der Waals surface area (Å²) in [5.74, 6) is 0.645. The normalized spacial score (nSPS) is 15.7. The number of rotatable bonds is 5. The van der Waals surface area contributed by atoms with Gasteiger partial charge in [-0.15, -0.1) is 0 Å². The Morgan fingerprint density at radius 1 is 1.46 bits per heavy atom. The van der Waals surface area contributed by atoms with E-state index < -0.39 is 0 Å². The molecule has 0 fully saturated rings. The van der Waals surface area contributed by atoms with Crippen LogP contribution in [-0.2, 0) is 0 Å². The maximum Gasteiger partial charge on any atom is 0.0367 e. The van der Waals surface area contributed by atoms with Crippen LogP contribution in [0.4, 0.5) is 0 Å². The largest absolute Gasteiger partial charge is 0.262 e. The van der Waals surface area contributed by atoms with E-state index in [1.54, 1.807) is 12.3 Å². The number of hydrogen-bond acceptors (Lipinski definition) is 1. The minimum Gasteiger partial charge on any atom is -0.262 e. The zero-order chi connectivity index (χ0) is 10.3. The lowest BCUT2D eigenvalue weighted by Crippen LogP contribution is -1.99. The van der Waals surface area contributed by atoms with Gasteiger partial charge in [0, 0.05) is 11.9 Å². The van der Waals surface area contributed by atoms with Gasteiger partial charge in [-0.2, -0.15) is 0 Å². The number of aliphatic imine (C=N–C) groups is 1. The van der Waals surface area contributed by atoms with Crippen molar-refractivity contribution in [2.24, 2.45) is 10.9 Å². The second-order valence-electron chi connectivity index (χ2n) is 3.29. The van der Waals surface area contributed by atoms with Crippen molar-refractivity contribution in [2.45, 2.75) is 40.5 Å². The lowest BCUT2D eigenvalue weighted by molar-refractivity contribution is 0.624. The van der Waals surface area contributed by atoms with Gasteiger partial charge in [-0.1, -0.05) is 33.4 Å². The summed E-state index contributed by atoms with van der Waals surface area (Å²) in [6, 6.07) is 0. The Balaban J connectivity index is 4.66. The zero-order valence-corrected chi connectivity index (χ0v) is 9.30. The van der Waals surface area contributed by atoms with E-state index in [1.165, 1.54) is 12.0 Å². The van der Waals surface area contributed by atoms with E-state index in [0.29, 0.717) is 5.92 Å². The topological polar surface area (TPSA) is 12.4 Å². The monoisotopic (exact) mass is 179 g/mol. The predicted molar refractivity (Wildman–Crippen MR) is 61.1 cm³/mol. The van der Waals surface area contributed by atoms with E-state index >= 15 is 0 Å². The fraction of sp³-hybridized carbons (Fsp3) is 0.583. The molecule has 1 unspecified atom stereocenters. The average Bonchev–Trinajstić information content (AvgIpc) is 2.15. The average molecular weight is 179 g/mol. The molecule has 1 nitrogen and oxygen atoms in total. The first-order valence-corrected chi connectivity index (χ1v) is 5.02. The lowest BCUT2D eigenvalue weighted by Gasteiger charge is -2.13. The second kappa shape index (κ2) is 6.64. The van der Waals surface area contributed by atoms with E-state index in [-0.39, 0.29) is 0 Å². The minimum atomic E-state index is 0.645. The molecule has 0 aromatic rings. The summed E-state index contributed by atoms with van der Waals surface area (Å²) in [6.45, 7) is 12.3. The molecule has 0 aliphatic rings. The molecular formula is C12H21N. The Kier molecular flexibility index (Phi) is 6.21. The number of hydrogen-bond donors (Lipinski definition) is 0. The third-order valence-electron chi connectivity index (χ3n) is 2.43. The SMILES string of the molecule is C=C/C=N\C(C)=C(\CC)C(C)CC. The first-order chi connectivity index (χ1) is 6.17. The van der Waals surface area contributed by atoms with Crippen LogP contribution in [0.1, 0.15) is 40.5 Å². The van der Waals surface area contributed by atoms with Crippen LogP contribution in [0.5, 0.6) is 0 Å². The van der Waals surface area contributed by atoms with Gasteiger partial charge >= 0.3 is 0 Å². The molecule has 0 saturated carbocycles. The molecule has 0 saturated heterocycles. The summed E-state index contributed by atoms with van der Waals surface area (Å²) in [5, 5.41) is 0. The van der Waals surface area contributed by atoms with Crippen LogP contribution in [0.15, 0.2) is 28.9 Å². The van der Waals surface area contributed by atoms with Crippen LogP contribution in [0.25, 0.3) is 0 Å². The molecule has 0 aromatic carbocycles. The number of allylic oxidation sites excluding steroid dienone is 3. The van der Waals surface area contributed by atoms with Crippen LogP contribution in [-0.4, -0.2) is 6.21 Å². The molecule has 0 amide bonds. The van der Waals surface area contributed by atoms with Gasteiger partial charge in [-0.3, -0.25) is 4.99 Å². The Hall–Kier alpha value is -0.850. The van der Waals surface area contributed by atoms with Gasteiger partial charge in [-0.05, 0) is 31.3 Å². The van der Waals surface area contributed by atoms with Crippen LogP contribution in [0, 0.1) is 5.92 Å². The molecule has 0 bridgehead atoms. The van der Waals surface area contributed by atoms with E-state index in [2.05, 4.69) is 39.3 Å². The van der Waals surface area contributed by atoms with E-state index in [1.807, 2.05) is 0 Å². The molecule has 13 heavy (non-hydrogen) atoms. The predicted octanol–water partition coefficient (Wildman–Crippen LogP) is 3.97. The van der Waals surface area contributed by atoms with E-state index in [0.717, 1.165) is 12.1 Å². The first kappa shape index (κ1) is 12.2. The van der Waals surface area contributed by atoms with Gasteiger partial charge in [0.05, 0.1) is 0 Å². The molecule has 0 aromatic heterocycles.